The Kier molecular flexibility index (Phi) is 6.41. The number of hydrogen-bond acceptors (Lipinski definition) is 5. The molecule has 1 aromatic heterocycles. The van der Waals surface area contributed by atoms with Crippen molar-refractivity contribution in [3.8, 4) is 0 Å². The van der Waals surface area contributed by atoms with E-state index >= 15 is 0 Å². The number of hydrogen-bond donors (Lipinski definition) is 2. The van der Waals surface area contributed by atoms with E-state index < -0.39 is 18.0 Å². The molecule has 2 aromatic carbocycles. The summed E-state index contributed by atoms with van der Waals surface area (Å²) >= 11 is 1.34. The van der Waals surface area contributed by atoms with Crippen molar-refractivity contribution in [2.45, 2.75) is 20.0 Å². The zero-order valence-electron chi connectivity index (χ0n) is 16.0. The molecule has 0 saturated carbocycles. The number of benzene rings is 2. The van der Waals surface area contributed by atoms with Gasteiger partial charge in [-0.1, -0.05) is 18.2 Å². The predicted molar refractivity (Wildman–Crippen MR) is 113 cm³/mol. The minimum Gasteiger partial charge on any atom is -0.449 e. The Bertz CT molecular complexity index is 1010. The van der Waals surface area contributed by atoms with E-state index in [1.165, 1.54) is 30.4 Å². The van der Waals surface area contributed by atoms with E-state index in [0.717, 1.165) is 5.56 Å². The van der Waals surface area contributed by atoms with Crippen molar-refractivity contribution in [2.75, 3.05) is 10.6 Å². The summed E-state index contributed by atoms with van der Waals surface area (Å²) in [6.45, 7) is 3.43. The maximum Gasteiger partial charge on any atom is 0.338 e. The van der Waals surface area contributed by atoms with Gasteiger partial charge in [0.25, 0.3) is 11.8 Å². The van der Waals surface area contributed by atoms with E-state index in [1.807, 2.05) is 30.5 Å². The summed E-state index contributed by atoms with van der Waals surface area (Å²) in [6, 6.07) is 17.2. The lowest BCUT2D eigenvalue weighted by Gasteiger charge is -2.14. The zero-order chi connectivity index (χ0) is 20.8. The highest BCUT2D eigenvalue weighted by atomic mass is 32.1. The number of nitrogens with one attached hydrogen (secondary N) is 2. The molecule has 1 atom stereocenters. The van der Waals surface area contributed by atoms with E-state index in [0.29, 0.717) is 16.3 Å². The molecule has 0 aliphatic rings. The first-order chi connectivity index (χ1) is 13.9. The van der Waals surface area contributed by atoms with Crippen LogP contribution < -0.4 is 10.6 Å². The lowest BCUT2D eigenvalue weighted by atomic mass is 10.2. The summed E-state index contributed by atoms with van der Waals surface area (Å²) in [6.07, 6.45) is -0.957. The highest BCUT2D eigenvalue weighted by Gasteiger charge is 2.19. The average molecular weight is 408 g/mol. The third kappa shape index (κ3) is 5.52. The number of amides is 2. The van der Waals surface area contributed by atoms with Crippen LogP contribution in [0.15, 0.2) is 66.0 Å². The van der Waals surface area contributed by atoms with Gasteiger partial charge in [0, 0.05) is 11.4 Å². The molecule has 148 valence electrons. The van der Waals surface area contributed by atoms with E-state index in [4.69, 9.17) is 4.74 Å². The lowest BCUT2D eigenvalue weighted by molar-refractivity contribution is -0.123. The fraction of sp³-hybridized carbons (Fsp3) is 0.136. The molecule has 0 bridgehead atoms. The van der Waals surface area contributed by atoms with Crippen molar-refractivity contribution < 1.29 is 19.1 Å². The summed E-state index contributed by atoms with van der Waals surface area (Å²) in [5.74, 6) is -1.24. The molecule has 0 fully saturated rings. The van der Waals surface area contributed by atoms with Crippen LogP contribution in [0.1, 0.15) is 32.5 Å². The molecule has 6 nitrogen and oxygen atoms in total. The Labute approximate surface area is 172 Å². The van der Waals surface area contributed by atoms with Crippen LogP contribution in [-0.2, 0) is 9.53 Å². The molecule has 2 N–H and O–H groups in total. The fourth-order valence-corrected chi connectivity index (χ4v) is 3.16. The van der Waals surface area contributed by atoms with Gasteiger partial charge in [-0.2, -0.15) is 0 Å². The normalized spacial score (nSPS) is 11.4. The number of carbonyl (C=O) groups is 3. The molecule has 3 aromatic rings. The smallest absolute Gasteiger partial charge is 0.338 e. The number of esters is 1. The molecule has 7 heteroatoms. The highest BCUT2D eigenvalue weighted by molar-refractivity contribution is 7.12. The van der Waals surface area contributed by atoms with Crippen LogP contribution in [0.25, 0.3) is 0 Å². The number of rotatable bonds is 6. The second kappa shape index (κ2) is 9.16. The third-order valence-corrected chi connectivity index (χ3v) is 4.93. The molecule has 2 amide bonds. The number of thiophene rings is 1. The van der Waals surface area contributed by atoms with Crippen LogP contribution >= 0.6 is 11.3 Å². The van der Waals surface area contributed by atoms with Gasteiger partial charge in [0.15, 0.2) is 6.10 Å². The highest BCUT2D eigenvalue weighted by Crippen LogP contribution is 2.16. The zero-order valence-corrected chi connectivity index (χ0v) is 16.8. The Balaban J connectivity index is 1.55. The van der Waals surface area contributed by atoms with Crippen molar-refractivity contribution in [1.29, 1.82) is 0 Å². The van der Waals surface area contributed by atoms with Crippen molar-refractivity contribution in [2.24, 2.45) is 0 Å². The standard InChI is InChI=1S/C22H20N2O4S/c1-14-5-3-6-18(13-14)24-20(25)15(2)28-22(27)16-8-10-17(11-9-16)23-21(26)19-7-4-12-29-19/h3-13,15H,1-2H3,(H,23,26)(H,24,25)/t15-/m0/s1. The number of aryl methyl sites for hydroxylation is 1. The molecule has 29 heavy (non-hydrogen) atoms. The molecule has 0 saturated heterocycles. The molecule has 0 radical (unpaired) electrons. The molecule has 3 rings (SSSR count). The minimum absolute atomic E-state index is 0.211. The number of anilines is 2. The Morgan fingerprint density at radius 3 is 2.34 bits per heavy atom. The summed E-state index contributed by atoms with van der Waals surface area (Å²) < 4.78 is 5.24. The van der Waals surface area contributed by atoms with Gasteiger partial charge in [-0.15, -0.1) is 11.3 Å². The van der Waals surface area contributed by atoms with Gasteiger partial charge < -0.3 is 15.4 Å². The van der Waals surface area contributed by atoms with Crippen LogP contribution in [0.2, 0.25) is 0 Å². The first-order valence-corrected chi connectivity index (χ1v) is 9.84. The van der Waals surface area contributed by atoms with Gasteiger partial charge in [0.1, 0.15) is 0 Å². The number of ether oxygens (including phenoxy) is 1. The molecule has 1 heterocycles. The topological polar surface area (TPSA) is 84.5 Å². The van der Waals surface area contributed by atoms with E-state index in [9.17, 15) is 14.4 Å². The second-order valence-electron chi connectivity index (χ2n) is 6.42. The second-order valence-corrected chi connectivity index (χ2v) is 7.36. The average Bonchev–Trinajstić information content (AvgIpc) is 3.23. The van der Waals surface area contributed by atoms with Gasteiger partial charge >= 0.3 is 5.97 Å². The first-order valence-electron chi connectivity index (χ1n) is 8.96. The molecule has 0 aliphatic heterocycles. The molecular formula is C22H20N2O4S. The molecule has 0 spiro atoms. The van der Waals surface area contributed by atoms with Gasteiger partial charge in [0.2, 0.25) is 0 Å². The number of carbonyl (C=O) groups excluding carboxylic acids is 3. The minimum atomic E-state index is -0.957. The maximum absolute atomic E-state index is 12.3. The van der Waals surface area contributed by atoms with Gasteiger partial charge in [-0.25, -0.2) is 4.79 Å². The Morgan fingerprint density at radius 2 is 1.69 bits per heavy atom. The van der Waals surface area contributed by atoms with Crippen molar-refractivity contribution >= 4 is 40.5 Å². The van der Waals surface area contributed by atoms with Gasteiger partial charge in [0.05, 0.1) is 10.4 Å². The molecule has 0 unspecified atom stereocenters. The van der Waals surface area contributed by atoms with Crippen LogP contribution in [0, 0.1) is 6.92 Å². The Morgan fingerprint density at radius 1 is 0.931 bits per heavy atom. The SMILES string of the molecule is Cc1cccc(NC(=O)[C@H](C)OC(=O)c2ccc(NC(=O)c3cccs3)cc2)c1. The third-order valence-electron chi connectivity index (χ3n) is 4.06. The summed E-state index contributed by atoms with van der Waals surface area (Å²) in [4.78, 5) is 37.2. The van der Waals surface area contributed by atoms with Gasteiger partial charge in [-0.05, 0) is 67.3 Å². The molecular weight excluding hydrogens is 388 g/mol. The van der Waals surface area contributed by atoms with E-state index in [2.05, 4.69) is 10.6 Å². The fourth-order valence-electron chi connectivity index (χ4n) is 2.54. The van der Waals surface area contributed by atoms with E-state index in [-0.39, 0.29) is 11.5 Å². The van der Waals surface area contributed by atoms with Crippen molar-refractivity contribution in [3.63, 3.8) is 0 Å². The summed E-state index contributed by atoms with van der Waals surface area (Å²) in [5.41, 5.74) is 2.50. The van der Waals surface area contributed by atoms with Crippen LogP contribution in [0.4, 0.5) is 11.4 Å². The van der Waals surface area contributed by atoms with Crippen LogP contribution in [0.3, 0.4) is 0 Å². The maximum atomic E-state index is 12.3. The Hall–Kier alpha value is -3.45. The quantitative estimate of drug-likeness (QED) is 0.589. The van der Waals surface area contributed by atoms with Crippen molar-refractivity contribution in [1.82, 2.24) is 0 Å². The first kappa shape index (κ1) is 20.3. The largest absolute Gasteiger partial charge is 0.449 e. The lowest BCUT2D eigenvalue weighted by Crippen LogP contribution is -2.30. The van der Waals surface area contributed by atoms with E-state index in [1.54, 1.807) is 30.3 Å². The summed E-state index contributed by atoms with van der Waals surface area (Å²) in [7, 11) is 0. The van der Waals surface area contributed by atoms with Crippen molar-refractivity contribution in [3.05, 3.63) is 82.0 Å². The predicted octanol–water partition coefficient (Wildman–Crippen LogP) is 4.49. The monoisotopic (exact) mass is 408 g/mol. The molecule has 0 aliphatic carbocycles. The van der Waals surface area contributed by atoms with Crippen LogP contribution in [0.5, 0.6) is 0 Å². The van der Waals surface area contributed by atoms with Crippen LogP contribution in [-0.4, -0.2) is 23.9 Å². The van der Waals surface area contributed by atoms with Gasteiger partial charge in [-0.3, -0.25) is 9.59 Å². The summed E-state index contributed by atoms with van der Waals surface area (Å²) in [5, 5.41) is 7.30.